The average molecular weight is 424 g/mol. The molecule has 0 N–H and O–H groups in total. The summed E-state index contributed by atoms with van der Waals surface area (Å²) in [6, 6.07) is 0. The summed E-state index contributed by atoms with van der Waals surface area (Å²) < 4.78 is 90.4. The van der Waals surface area contributed by atoms with E-state index in [0.717, 1.165) is 6.08 Å². The maximum atomic E-state index is 13.3. The first-order valence-corrected chi connectivity index (χ1v) is 9.95. The largest absolute Gasteiger partial charge is 0.534 e. The lowest BCUT2D eigenvalue weighted by atomic mass is 9.67. The van der Waals surface area contributed by atoms with Crippen molar-refractivity contribution in [3.05, 3.63) is 24.0 Å². The lowest BCUT2D eigenvalue weighted by Crippen LogP contribution is -2.64. The maximum Gasteiger partial charge on any atom is 0.534 e. The Morgan fingerprint density at radius 1 is 1.21 bits per heavy atom. The van der Waals surface area contributed by atoms with E-state index in [1.54, 1.807) is 12.2 Å². The molecule has 0 amide bonds. The van der Waals surface area contributed by atoms with E-state index < -0.39 is 55.9 Å². The predicted molar refractivity (Wildman–Crippen MR) is 81.7 cm³/mol. The van der Waals surface area contributed by atoms with Gasteiger partial charge in [0.25, 0.3) is 0 Å². The number of ether oxygens (including phenoxy) is 4. The highest BCUT2D eigenvalue weighted by molar-refractivity contribution is 7.87. The first kappa shape index (κ1) is 18.4. The zero-order valence-electron chi connectivity index (χ0n) is 14.4. The van der Waals surface area contributed by atoms with E-state index in [9.17, 15) is 26.4 Å². The molecule has 1 aliphatic carbocycles. The van der Waals surface area contributed by atoms with Gasteiger partial charge < -0.3 is 23.1 Å². The van der Waals surface area contributed by atoms with Crippen molar-refractivity contribution < 1.29 is 49.5 Å². The van der Waals surface area contributed by atoms with Crippen LogP contribution in [-0.4, -0.2) is 56.2 Å². The number of rotatable bonds is 2. The van der Waals surface area contributed by atoms with Crippen LogP contribution in [0.5, 0.6) is 0 Å². The van der Waals surface area contributed by atoms with Crippen LogP contribution in [0.25, 0.3) is 0 Å². The molecule has 4 bridgehead atoms. The van der Waals surface area contributed by atoms with Gasteiger partial charge in [-0.15, -0.1) is 0 Å². The van der Waals surface area contributed by atoms with E-state index in [1.165, 1.54) is 6.92 Å². The number of carbonyl (C=O) groups excluding carboxylic acids is 1. The van der Waals surface area contributed by atoms with Gasteiger partial charge in [0.1, 0.15) is 17.5 Å². The zero-order chi connectivity index (χ0) is 20.2. The average Bonchev–Trinajstić information content (AvgIpc) is 3.23. The fourth-order valence-electron chi connectivity index (χ4n) is 4.97. The van der Waals surface area contributed by atoms with Gasteiger partial charge in [-0.1, -0.05) is 12.2 Å². The van der Waals surface area contributed by atoms with Crippen molar-refractivity contribution in [1.82, 2.24) is 0 Å². The van der Waals surface area contributed by atoms with Crippen LogP contribution in [-0.2, 0) is 38.0 Å². The van der Waals surface area contributed by atoms with E-state index >= 15 is 0 Å². The summed E-state index contributed by atoms with van der Waals surface area (Å²) in [6.45, 7) is 1.53. The lowest BCUT2D eigenvalue weighted by molar-refractivity contribution is -0.247. The van der Waals surface area contributed by atoms with Crippen molar-refractivity contribution in [2.24, 2.45) is 5.41 Å². The van der Waals surface area contributed by atoms with Gasteiger partial charge in [0, 0.05) is 12.5 Å². The van der Waals surface area contributed by atoms with Gasteiger partial charge >= 0.3 is 21.6 Å². The Kier molecular flexibility index (Phi) is 3.23. The lowest BCUT2D eigenvalue weighted by Gasteiger charge is -2.47. The molecule has 154 valence electrons. The van der Waals surface area contributed by atoms with Gasteiger partial charge in [0.2, 0.25) is 5.41 Å². The SMILES string of the molecule is C[C@]12C=C(OS(=O)(=O)C(F)(F)F)[C@@]3(C(=O)O1)C1(CC[C@@]34C=C[C@@H]2O4)OCCO1. The van der Waals surface area contributed by atoms with Crippen LogP contribution in [0.2, 0.25) is 0 Å². The molecule has 3 spiro atoms. The monoisotopic (exact) mass is 424 g/mol. The number of hydrogen-bond acceptors (Lipinski definition) is 8. The molecule has 0 unspecified atom stereocenters. The van der Waals surface area contributed by atoms with Gasteiger partial charge in [0.15, 0.2) is 11.4 Å². The predicted octanol–water partition coefficient (Wildman–Crippen LogP) is 1.28. The van der Waals surface area contributed by atoms with Gasteiger partial charge in [-0.25, -0.2) is 0 Å². The molecule has 8 nitrogen and oxygen atoms in total. The summed E-state index contributed by atoms with van der Waals surface area (Å²) in [5.41, 5.74) is -10.9. The van der Waals surface area contributed by atoms with Gasteiger partial charge in [-0.3, -0.25) is 4.79 Å². The number of esters is 1. The van der Waals surface area contributed by atoms with Crippen molar-refractivity contribution in [1.29, 1.82) is 0 Å². The molecule has 2 saturated heterocycles. The number of halogens is 3. The Labute approximate surface area is 157 Å². The summed E-state index contributed by atoms with van der Waals surface area (Å²) in [5, 5.41) is 0. The maximum absolute atomic E-state index is 13.3. The summed E-state index contributed by atoms with van der Waals surface area (Å²) in [7, 11) is -6.06. The second-order valence-corrected chi connectivity index (χ2v) is 9.09. The summed E-state index contributed by atoms with van der Waals surface area (Å²) in [6.07, 6.45) is 3.63. The van der Waals surface area contributed by atoms with Crippen molar-refractivity contribution >= 4 is 16.1 Å². The topological polar surface area (TPSA) is 97.4 Å². The molecule has 12 heteroatoms. The Hall–Kier alpha value is -1.63. The second kappa shape index (κ2) is 4.91. The van der Waals surface area contributed by atoms with E-state index in [1.807, 2.05) is 0 Å². The molecule has 5 heterocycles. The highest BCUT2D eigenvalue weighted by Crippen LogP contribution is 2.69. The first-order valence-electron chi connectivity index (χ1n) is 8.54. The van der Waals surface area contributed by atoms with Crippen LogP contribution >= 0.6 is 0 Å². The number of alkyl halides is 3. The molecule has 28 heavy (non-hydrogen) atoms. The standard InChI is InChI=1S/C16H15F3O8S/c1-12-8-10(27-28(21,22)16(17,18)19)15(11(20)26-12)13(3-2-9(12)25-13)4-5-14(15)23-6-7-24-14/h2-3,8-9H,4-7H2,1H3/t9-,12+,13-,15-/m0/s1. The van der Waals surface area contributed by atoms with Crippen LogP contribution in [0.3, 0.4) is 0 Å². The first-order chi connectivity index (χ1) is 12.9. The minimum absolute atomic E-state index is 0.0643. The Morgan fingerprint density at radius 2 is 1.89 bits per heavy atom. The Morgan fingerprint density at radius 3 is 2.54 bits per heavy atom. The number of carbonyl (C=O) groups is 1. The molecule has 0 aromatic carbocycles. The molecule has 0 aromatic heterocycles. The van der Waals surface area contributed by atoms with Crippen molar-refractivity contribution in [3.8, 4) is 0 Å². The van der Waals surface area contributed by atoms with Crippen molar-refractivity contribution in [3.63, 3.8) is 0 Å². The Bertz CT molecular complexity index is 934. The third-order valence-electron chi connectivity index (χ3n) is 6.12. The molecule has 3 fully saturated rings. The third kappa shape index (κ3) is 1.83. The van der Waals surface area contributed by atoms with E-state index in [2.05, 4.69) is 4.18 Å². The van der Waals surface area contributed by atoms with Crippen LogP contribution in [0, 0.1) is 5.41 Å². The van der Waals surface area contributed by atoms with E-state index in [0.29, 0.717) is 0 Å². The number of hydrogen-bond donors (Lipinski definition) is 0. The number of fused-ring (bicyclic) bond motifs is 1. The van der Waals surface area contributed by atoms with Crippen LogP contribution in [0.15, 0.2) is 24.0 Å². The Balaban J connectivity index is 1.78. The molecule has 1 saturated carbocycles. The van der Waals surface area contributed by atoms with Gasteiger partial charge in [-0.05, 0) is 13.3 Å². The van der Waals surface area contributed by atoms with Crippen molar-refractivity contribution in [2.45, 2.75) is 48.4 Å². The summed E-state index contributed by atoms with van der Waals surface area (Å²) >= 11 is 0. The van der Waals surface area contributed by atoms with Crippen LogP contribution in [0.4, 0.5) is 13.2 Å². The van der Waals surface area contributed by atoms with E-state index in [4.69, 9.17) is 18.9 Å². The van der Waals surface area contributed by atoms with Crippen LogP contribution < -0.4 is 0 Å². The molecule has 6 rings (SSSR count). The molecule has 4 atom stereocenters. The van der Waals surface area contributed by atoms with Crippen molar-refractivity contribution in [2.75, 3.05) is 13.2 Å². The van der Waals surface area contributed by atoms with Crippen LogP contribution in [0.1, 0.15) is 19.8 Å². The third-order valence-corrected chi connectivity index (χ3v) is 7.08. The molecular formula is C16H15F3O8S. The molecule has 5 aliphatic heterocycles. The molecule has 0 radical (unpaired) electrons. The van der Waals surface area contributed by atoms with Gasteiger partial charge in [0.05, 0.1) is 13.2 Å². The molecule has 0 aromatic rings. The highest BCUT2D eigenvalue weighted by atomic mass is 32.2. The zero-order valence-corrected chi connectivity index (χ0v) is 15.3. The molecule has 6 aliphatic rings. The summed E-state index contributed by atoms with van der Waals surface area (Å²) in [5.74, 6) is -3.51. The highest BCUT2D eigenvalue weighted by Gasteiger charge is 2.84. The second-order valence-electron chi connectivity index (χ2n) is 7.55. The smallest absolute Gasteiger partial charge is 0.451 e. The van der Waals surface area contributed by atoms with E-state index in [-0.39, 0.29) is 26.1 Å². The fourth-order valence-corrected chi connectivity index (χ4v) is 5.47. The minimum atomic E-state index is -6.06. The van der Waals surface area contributed by atoms with Gasteiger partial charge in [-0.2, -0.15) is 21.6 Å². The molecular weight excluding hydrogens is 409 g/mol. The normalized spacial score (nSPS) is 43.1. The quantitative estimate of drug-likeness (QED) is 0.283. The summed E-state index contributed by atoms with van der Waals surface area (Å²) in [4.78, 5) is 13.3. The minimum Gasteiger partial charge on any atom is -0.451 e. The fraction of sp³-hybridized carbons (Fsp3) is 0.688.